The second-order valence-corrected chi connectivity index (χ2v) is 7.35. The van der Waals surface area contributed by atoms with Crippen molar-refractivity contribution in [1.82, 2.24) is 10.6 Å². The number of rotatable bonds is 3. The maximum Gasteiger partial charge on any atom is 0.258 e. The highest BCUT2D eigenvalue weighted by Gasteiger charge is 2.41. The van der Waals surface area contributed by atoms with E-state index < -0.39 is 0 Å². The van der Waals surface area contributed by atoms with E-state index in [0.29, 0.717) is 27.7 Å². The Balaban J connectivity index is 1.54. The van der Waals surface area contributed by atoms with Crippen LogP contribution in [0.1, 0.15) is 43.0 Å². The monoisotopic (exact) mass is 336 g/mol. The first-order chi connectivity index (χ1) is 10.5. The Morgan fingerprint density at radius 2 is 2.09 bits per heavy atom. The second-order valence-electron chi connectivity index (χ2n) is 6.53. The summed E-state index contributed by atoms with van der Waals surface area (Å²) in [5.74, 6) is 2.15. The fourth-order valence-electron chi connectivity index (χ4n) is 4.07. The van der Waals surface area contributed by atoms with Gasteiger partial charge in [0.1, 0.15) is 0 Å². The van der Waals surface area contributed by atoms with E-state index in [1.165, 1.54) is 25.7 Å². The smallest absolute Gasteiger partial charge is 0.258 e. The first-order valence-corrected chi connectivity index (χ1v) is 8.69. The molecule has 1 amide bonds. The van der Waals surface area contributed by atoms with Crippen LogP contribution in [0, 0.1) is 17.8 Å². The van der Waals surface area contributed by atoms with E-state index in [1.54, 1.807) is 24.3 Å². The van der Waals surface area contributed by atoms with E-state index in [2.05, 4.69) is 17.6 Å². The Bertz CT molecular complexity index is 592. The highest BCUT2D eigenvalue weighted by atomic mass is 35.5. The number of benzene rings is 1. The van der Waals surface area contributed by atoms with Gasteiger partial charge < -0.3 is 5.32 Å². The number of hydrogen-bond acceptors (Lipinski definition) is 2. The van der Waals surface area contributed by atoms with Crippen LogP contribution in [-0.2, 0) is 0 Å². The number of hydrogen-bond donors (Lipinski definition) is 2. The molecule has 118 valence electrons. The number of halogens is 1. The molecule has 2 N–H and O–H groups in total. The van der Waals surface area contributed by atoms with Gasteiger partial charge in [-0.25, -0.2) is 0 Å². The Hall–Kier alpha value is -1.13. The number of carbonyl (C=O) groups is 1. The molecule has 0 radical (unpaired) electrons. The van der Waals surface area contributed by atoms with Gasteiger partial charge in [0.25, 0.3) is 5.91 Å². The van der Waals surface area contributed by atoms with Crippen molar-refractivity contribution in [3.8, 4) is 0 Å². The molecule has 2 aliphatic carbocycles. The van der Waals surface area contributed by atoms with Gasteiger partial charge in [0.2, 0.25) is 0 Å². The van der Waals surface area contributed by atoms with Gasteiger partial charge in [-0.05, 0) is 68.3 Å². The summed E-state index contributed by atoms with van der Waals surface area (Å²) in [5, 5.41) is 6.84. The molecule has 3 nitrogen and oxygen atoms in total. The first-order valence-electron chi connectivity index (χ1n) is 7.91. The lowest BCUT2D eigenvalue weighted by atomic mass is 9.84. The Labute approximate surface area is 141 Å². The molecule has 22 heavy (non-hydrogen) atoms. The largest absolute Gasteiger partial charge is 0.360 e. The molecule has 1 aromatic carbocycles. The van der Waals surface area contributed by atoms with E-state index in [-0.39, 0.29) is 5.91 Å². The SMILES string of the molecule is C[C@@H](NC(=S)NC(=O)c1ccccc1Cl)[C@H]1C[C@H]2CC[C@H]1C2. The number of carbonyl (C=O) groups excluding carboxylic acids is 1. The van der Waals surface area contributed by atoms with Gasteiger partial charge in [0.15, 0.2) is 5.11 Å². The van der Waals surface area contributed by atoms with E-state index in [4.69, 9.17) is 23.8 Å². The van der Waals surface area contributed by atoms with Crippen molar-refractivity contribution >= 4 is 34.8 Å². The average Bonchev–Trinajstić information content (AvgIpc) is 3.10. The average molecular weight is 337 g/mol. The number of nitrogens with one attached hydrogen (secondary N) is 2. The van der Waals surface area contributed by atoms with E-state index >= 15 is 0 Å². The lowest BCUT2D eigenvalue weighted by Crippen LogP contribution is -2.46. The van der Waals surface area contributed by atoms with E-state index in [1.807, 2.05) is 0 Å². The Kier molecular flexibility index (Phi) is 4.69. The van der Waals surface area contributed by atoms with Crippen LogP contribution in [-0.4, -0.2) is 17.1 Å². The minimum Gasteiger partial charge on any atom is -0.360 e. The topological polar surface area (TPSA) is 41.1 Å². The molecule has 0 aromatic heterocycles. The van der Waals surface area contributed by atoms with Crippen molar-refractivity contribution in [3.63, 3.8) is 0 Å². The normalized spacial score (nSPS) is 27.5. The van der Waals surface area contributed by atoms with Crippen molar-refractivity contribution in [2.75, 3.05) is 0 Å². The third-order valence-electron chi connectivity index (χ3n) is 5.14. The predicted octanol–water partition coefficient (Wildman–Crippen LogP) is 3.77. The zero-order valence-electron chi connectivity index (χ0n) is 12.6. The molecule has 0 aliphatic heterocycles. The molecule has 0 heterocycles. The maximum atomic E-state index is 12.2. The standard InChI is InChI=1S/C17H21ClN2OS/c1-10(14-9-11-6-7-12(14)8-11)19-17(22)20-16(21)13-4-2-3-5-15(13)18/h2-5,10-12,14H,6-9H2,1H3,(H2,19,20,21,22)/t10-,11+,12+,14-/m1/s1. The fraction of sp³-hybridized carbons (Fsp3) is 0.529. The van der Waals surface area contributed by atoms with Gasteiger partial charge in [0, 0.05) is 6.04 Å². The summed E-state index contributed by atoms with van der Waals surface area (Å²) in [6.07, 6.45) is 5.40. The molecular formula is C17H21ClN2OS. The van der Waals surface area contributed by atoms with Crippen LogP contribution in [0.5, 0.6) is 0 Å². The van der Waals surface area contributed by atoms with Gasteiger partial charge >= 0.3 is 0 Å². The van der Waals surface area contributed by atoms with Crippen LogP contribution >= 0.6 is 23.8 Å². The summed E-state index contributed by atoms with van der Waals surface area (Å²) >= 11 is 11.3. The molecule has 3 rings (SSSR count). The Morgan fingerprint density at radius 1 is 1.32 bits per heavy atom. The van der Waals surface area contributed by atoms with Crippen LogP contribution in [0.2, 0.25) is 5.02 Å². The van der Waals surface area contributed by atoms with Crippen LogP contribution < -0.4 is 10.6 Å². The summed E-state index contributed by atoms with van der Waals surface area (Å²) in [4.78, 5) is 12.2. The lowest BCUT2D eigenvalue weighted by Gasteiger charge is -2.29. The van der Waals surface area contributed by atoms with Crippen molar-refractivity contribution in [2.24, 2.45) is 17.8 Å². The third-order valence-corrected chi connectivity index (χ3v) is 5.69. The summed E-state index contributed by atoms with van der Waals surface area (Å²) < 4.78 is 0. The molecule has 5 heteroatoms. The minimum atomic E-state index is -0.261. The zero-order valence-corrected chi connectivity index (χ0v) is 14.2. The first kappa shape index (κ1) is 15.8. The molecule has 1 aromatic rings. The molecule has 0 spiro atoms. The number of amides is 1. The Morgan fingerprint density at radius 3 is 2.73 bits per heavy atom. The van der Waals surface area contributed by atoms with Crippen LogP contribution in [0.15, 0.2) is 24.3 Å². The van der Waals surface area contributed by atoms with E-state index in [0.717, 1.165) is 11.8 Å². The molecule has 2 bridgehead atoms. The summed E-state index contributed by atoms with van der Waals surface area (Å²) in [6.45, 7) is 2.17. The number of fused-ring (bicyclic) bond motifs is 2. The third kappa shape index (κ3) is 3.28. The van der Waals surface area contributed by atoms with Crippen molar-refractivity contribution in [2.45, 2.75) is 38.6 Å². The summed E-state index contributed by atoms with van der Waals surface area (Å²) in [7, 11) is 0. The highest BCUT2D eigenvalue weighted by molar-refractivity contribution is 7.80. The van der Waals surface area contributed by atoms with E-state index in [9.17, 15) is 4.79 Å². The second kappa shape index (κ2) is 6.55. The minimum absolute atomic E-state index is 0.261. The molecule has 0 unspecified atom stereocenters. The van der Waals surface area contributed by atoms with Gasteiger partial charge in [-0.1, -0.05) is 30.2 Å². The molecule has 2 saturated carbocycles. The highest BCUT2D eigenvalue weighted by Crippen LogP contribution is 2.49. The quantitative estimate of drug-likeness (QED) is 0.825. The van der Waals surface area contributed by atoms with Gasteiger partial charge in [-0.3, -0.25) is 10.1 Å². The van der Waals surface area contributed by atoms with Crippen molar-refractivity contribution in [1.29, 1.82) is 0 Å². The predicted molar refractivity (Wildman–Crippen MR) is 93.1 cm³/mol. The molecule has 4 atom stereocenters. The van der Waals surface area contributed by atoms with Crippen LogP contribution in [0.25, 0.3) is 0 Å². The van der Waals surface area contributed by atoms with Gasteiger partial charge in [-0.2, -0.15) is 0 Å². The van der Waals surface area contributed by atoms with Gasteiger partial charge in [0.05, 0.1) is 10.6 Å². The molecule has 0 saturated heterocycles. The van der Waals surface area contributed by atoms with Gasteiger partial charge in [-0.15, -0.1) is 0 Å². The zero-order chi connectivity index (χ0) is 15.7. The van der Waals surface area contributed by atoms with Crippen molar-refractivity contribution < 1.29 is 4.79 Å². The summed E-state index contributed by atoms with van der Waals surface area (Å²) in [5.41, 5.74) is 0.445. The fourth-order valence-corrected chi connectivity index (χ4v) is 4.57. The molecule has 2 fully saturated rings. The molecular weight excluding hydrogens is 316 g/mol. The van der Waals surface area contributed by atoms with Crippen LogP contribution in [0.4, 0.5) is 0 Å². The maximum absolute atomic E-state index is 12.2. The number of thiocarbonyl (C=S) groups is 1. The molecule has 2 aliphatic rings. The summed E-state index contributed by atoms with van der Waals surface area (Å²) in [6, 6.07) is 7.28. The van der Waals surface area contributed by atoms with Crippen molar-refractivity contribution in [3.05, 3.63) is 34.9 Å². The lowest BCUT2D eigenvalue weighted by molar-refractivity contribution is 0.0976. The van der Waals surface area contributed by atoms with Crippen LogP contribution in [0.3, 0.4) is 0 Å².